The maximum Gasteiger partial charge on any atom is 0.323 e. The third-order valence-corrected chi connectivity index (χ3v) is 4.60. The van der Waals surface area contributed by atoms with Crippen LogP contribution < -0.4 is 15.5 Å². The monoisotopic (exact) mass is 456 g/mol. The second-order valence-electron chi connectivity index (χ2n) is 6.50. The molecule has 0 aliphatic heterocycles. The Morgan fingerprint density at radius 2 is 1.79 bits per heavy atom. The first-order chi connectivity index (χ1) is 14.0. The Hall–Kier alpha value is -2.93. The zero-order valence-electron chi connectivity index (χ0n) is 16.0. The molecule has 3 rings (SSSR count). The van der Waals surface area contributed by atoms with Crippen LogP contribution in [0.1, 0.15) is 18.9 Å². The Morgan fingerprint density at radius 1 is 1.07 bits per heavy atom. The molecule has 2 N–H and O–H groups in total. The third kappa shape index (κ3) is 6.02. The van der Waals surface area contributed by atoms with E-state index in [2.05, 4.69) is 55.5 Å². The average molecular weight is 457 g/mol. The minimum Gasteiger partial charge on any atom is -0.352 e. The summed E-state index contributed by atoms with van der Waals surface area (Å²) in [5.74, 6) is 0.252. The Morgan fingerprint density at radius 3 is 2.52 bits per heavy atom. The van der Waals surface area contributed by atoms with Gasteiger partial charge in [-0.15, -0.1) is 0 Å². The highest BCUT2D eigenvalue weighted by molar-refractivity contribution is 9.10. The number of benzene rings is 2. The van der Waals surface area contributed by atoms with Crippen molar-refractivity contribution in [3.05, 3.63) is 82.7 Å². The van der Waals surface area contributed by atoms with E-state index in [4.69, 9.17) is 0 Å². The summed E-state index contributed by atoms with van der Waals surface area (Å²) < 4.78 is 14.4. The predicted molar refractivity (Wildman–Crippen MR) is 119 cm³/mol. The van der Waals surface area contributed by atoms with E-state index in [-0.39, 0.29) is 5.69 Å². The van der Waals surface area contributed by atoms with Gasteiger partial charge in [0.1, 0.15) is 16.2 Å². The van der Waals surface area contributed by atoms with Crippen LogP contribution in [0, 0.1) is 5.82 Å². The molecule has 1 heterocycles. The highest BCUT2D eigenvalue weighted by Crippen LogP contribution is 2.24. The first-order valence-electron chi connectivity index (χ1n) is 9.34. The van der Waals surface area contributed by atoms with Crippen LogP contribution in [0.5, 0.6) is 0 Å². The molecule has 0 saturated carbocycles. The number of aromatic nitrogens is 1. The van der Waals surface area contributed by atoms with Crippen molar-refractivity contribution < 1.29 is 9.18 Å². The van der Waals surface area contributed by atoms with Gasteiger partial charge in [-0.2, -0.15) is 0 Å². The molecule has 2 aromatic carbocycles. The number of para-hydroxylation sites is 1. The second kappa shape index (κ2) is 10.0. The summed E-state index contributed by atoms with van der Waals surface area (Å²) in [6, 6.07) is 19.2. The fourth-order valence-electron chi connectivity index (χ4n) is 2.91. The number of amides is 2. The lowest BCUT2D eigenvalue weighted by Gasteiger charge is -2.24. The number of pyridine rings is 1. The van der Waals surface area contributed by atoms with Crippen molar-refractivity contribution in [3.63, 3.8) is 0 Å². The molecule has 3 aromatic rings. The number of carbonyl (C=O) groups is 1. The fourth-order valence-corrected chi connectivity index (χ4v) is 3.34. The molecule has 0 atom stereocenters. The van der Waals surface area contributed by atoms with E-state index in [9.17, 15) is 9.18 Å². The quantitative estimate of drug-likeness (QED) is 0.425. The molecule has 0 bridgehead atoms. The number of hydrogen-bond donors (Lipinski definition) is 2. The average Bonchev–Trinajstić information content (AvgIpc) is 2.70. The molecule has 0 spiro atoms. The minimum absolute atomic E-state index is 0.120. The molecular formula is C22H22BrFN4O. The van der Waals surface area contributed by atoms with Crippen molar-refractivity contribution in [1.29, 1.82) is 0 Å². The van der Waals surface area contributed by atoms with Crippen molar-refractivity contribution in [1.82, 2.24) is 4.98 Å². The number of carbonyl (C=O) groups excluding carboxylic acids is 1. The SMILES string of the molecule is CCCN(Cc1ccccc1)c1cc(NC(=O)Nc2ccccc2F)cc(Br)n1. The Kier molecular flexibility index (Phi) is 7.19. The van der Waals surface area contributed by atoms with E-state index in [1.807, 2.05) is 24.3 Å². The topological polar surface area (TPSA) is 57.3 Å². The molecule has 29 heavy (non-hydrogen) atoms. The van der Waals surface area contributed by atoms with Gasteiger partial charge in [0, 0.05) is 24.8 Å². The van der Waals surface area contributed by atoms with Crippen LogP contribution in [-0.2, 0) is 6.54 Å². The van der Waals surface area contributed by atoms with Gasteiger partial charge < -0.3 is 15.5 Å². The van der Waals surface area contributed by atoms with Gasteiger partial charge in [0.2, 0.25) is 0 Å². The number of hydrogen-bond acceptors (Lipinski definition) is 3. The zero-order valence-corrected chi connectivity index (χ0v) is 17.6. The summed E-state index contributed by atoms with van der Waals surface area (Å²) in [6.45, 7) is 3.63. The molecule has 0 saturated heterocycles. The van der Waals surface area contributed by atoms with Gasteiger partial charge in [-0.3, -0.25) is 0 Å². The molecule has 0 aliphatic rings. The van der Waals surface area contributed by atoms with Gasteiger partial charge in [-0.1, -0.05) is 49.4 Å². The summed E-state index contributed by atoms with van der Waals surface area (Å²) in [4.78, 5) is 19.0. The summed E-state index contributed by atoms with van der Waals surface area (Å²) in [5.41, 5.74) is 1.86. The van der Waals surface area contributed by atoms with E-state index in [1.165, 1.54) is 17.7 Å². The standard InChI is InChI=1S/C22H22BrFN4O/c1-2-12-28(15-16-8-4-3-5-9-16)21-14-17(13-20(23)27-21)25-22(29)26-19-11-7-6-10-18(19)24/h3-11,13-14H,2,12,15H2,1H3,(H2,25,26,27,29). The van der Waals surface area contributed by atoms with Crippen LogP contribution in [0.2, 0.25) is 0 Å². The molecule has 7 heteroatoms. The van der Waals surface area contributed by atoms with Crippen LogP contribution >= 0.6 is 15.9 Å². The molecule has 150 valence electrons. The first kappa shape index (κ1) is 20.8. The van der Waals surface area contributed by atoms with E-state index < -0.39 is 11.8 Å². The predicted octanol–water partition coefficient (Wildman–Crippen LogP) is 6.04. The van der Waals surface area contributed by atoms with Crippen molar-refractivity contribution in [2.24, 2.45) is 0 Å². The number of nitrogens with one attached hydrogen (secondary N) is 2. The van der Waals surface area contributed by atoms with Gasteiger partial charge in [0.05, 0.1) is 5.69 Å². The lowest BCUT2D eigenvalue weighted by atomic mass is 10.2. The van der Waals surface area contributed by atoms with Crippen LogP contribution in [-0.4, -0.2) is 17.6 Å². The van der Waals surface area contributed by atoms with E-state index >= 15 is 0 Å². The Balaban J connectivity index is 1.77. The van der Waals surface area contributed by atoms with Crippen molar-refractivity contribution in [2.75, 3.05) is 22.1 Å². The van der Waals surface area contributed by atoms with E-state index in [0.717, 1.165) is 18.8 Å². The number of urea groups is 1. The fraction of sp³-hybridized carbons (Fsp3) is 0.182. The Labute approximate surface area is 178 Å². The Bertz CT molecular complexity index is 968. The molecular weight excluding hydrogens is 435 g/mol. The molecule has 0 radical (unpaired) electrons. The lowest BCUT2D eigenvalue weighted by molar-refractivity contribution is 0.262. The van der Waals surface area contributed by atoms with Crippen LogP contribution in [0.3, 0.4) is 0 Å². The number of nitrogens with zero attached hydrogens (tertiary/aromatic N) is 2. The largest absolute Gasteiger partial charge is 0.352 e. The lowest BCUT2D eigenvalue weighted by Crippen LogP contribution is -2.25. The van der Waals surface area contributed by atoms with Crippen molar-refractivity contribution in [2.45, 2.75) is 19.9 Å². The first-order valence-corrected chi connectivity index (χ1v) is 10.1. The van der Waals surface area contributed by atoms with Gasteiger partial charge in [-0.25, -0.2) is 14.2 Å². The molecule has 0 aliphatic carbocycles. The van der Waals surface area contributed by atoms with Crippen LogP contribution in [0.15, 0.2) is 71.3 Å². The number of anilines is 3. The van der Waals surface area contributed by atoms with Gasteiger partial charge >= 0.3 is 6.03 Å². The highest BCUT2D eigenvalue weighted by Gasteiger charge is 2.13. The summed E-state index contributed by atoms with van der Waals surface area (Å²) in [5, 5.41) is 5.26. The number of rotatable bonds is 7. The zero-order chi connectivity index (χ0) is 20.6. The summed E-state index contributed by atoms with van der Waals surface area (Å²) >= 11 is 3.42. The maximum absolute atomic E-state index is 13.7. The molecule has 1 aromatic heterocycles. The minimum atomic E-state index is -0.524. The van der Waals surface area contributed by atoms with Gasteiger partial charge in [0.15, 0.2) is 0 Å². The summed E-state index contributed by atoms with van der Waals surface area (Å²) in [7, 11) is 0. The van der Waals surface area contributed by atoms with Crippen LogP contribution in [0.4, 0.5) is 26.4 Å². The molecule has 0 fully saturated rings. The van der Waals surface area contributed by atoms with Gasteiger partial charge in [-0.05, 0) is 46.1 Å². The van der Waals surface area contributed by atoms with Crippen molar-refractivity contribution >= 4 is 39.2 Å². The highest BCUT2D eigenvalue weighted by atomic mass is 79.9. The molecule has 5 nitrogen and oxygen atoms in total. The third-order valence-electron chi connectivity index (χ3n) is 4.19. The smallest absolute Gasteiger partial charge is 0.323 e. The van der Waals surface area contributed by atoms with Crippen molar-refractivity contribution in [3.8, 4) is 0 Å². The van der Waals surface area contributed by atoms with E-state index in [0.29, 0.717) is 16.8 Å². The maximum atomic E-state index is 13.7. The molecule has 0 unspecified atom stereocenters. The second-order valence-corrected chi connectivity index (χ2v) is 7.32. The molecule has 2 amide bonds. The normalized spacial score (nSPS) is 10.4. The number of halogens is 2. The van der Waals surface area contributed by atoms with Gasteiger partial charge in [0.25, 0.3) is 0 Å². The summed E-state index contributed by atoms with van der Waals surface area (Å²) in [6.07, 6.45) is 0.956. The van der Waals surface area contributed by atoms with E-state index in [1.54, 1.807) is 18.2 Å². The van der Waals surface area contributed by atoms with Crippen LogP contribution in [0.25, 0.3) is 0 Å².